The average Bonchev–Trinajstić information content (AvgIpc) is 2.51. The van der Waals surface area contributed by atoms with Crippen molar-refractivity contribution in [3.63, 3.8) is 0 Å². The predicted octanol–water partition coefficient (Wildman–Crippen LogP) is 2.58. The smallest absolute Gasteiger partial charge is 0.360 e. The fourth-order valence-corrected chi connectivity index (χ4v) is 2.35. The lowest BCUT2D eigenvalue weighted by atomic mass is 10.1. The minimum atomic E-state index is -1.19. The van der Waals surface area contributed by atoms with Gasteiger partial charge in [-0.1, -0.05) is 42.5 Å². The van der Waals surface area contributed by atoms with Crippen molar-refractivity contribution in [2.24, 2.45) is 0 Å². The molecule has 1 aliphatic heterocycles. The number of carbonyl (C=O) groups is 2. The summed E-state index contributed by atoms with van der Waals surface area (Å²) < 4.78 is 5.20. The number of rotatable bonds is 3. The summed E-state index contributed by atoms with van der Waals surface area (Å²) in [5.74, 6) is -1.44. The molecule has 0 radical (unpaired) electrons. The molecule has 0 fully saturated rings. The largest absolute Gasteiger partial charge is 0.478 e. The van der Waals surface area contributed by atoms with E-state index in [0.29, 0.717) is 18.0 Å². The van der Waals surface area contributed by atoms with Gasteiger partial charge in [0.25, 0.3) is 0 Å². The molecule has 0 unspecified atom stereocenters. The molecule has 2 aromatic rings. The van der Waals surface area contributed by atoms with E-state index in [-0.39, 0.29) is 5.70 Å². The number of hydrogen-bond donors (Lipinski definition) is 1. The molecule has 1 N–H and O–H groups in total. The number of hydrogen-bond acceptors (Lipinski definition) is 4. The Morgan fingerprint density at radius 3 is 2.50 bits per heavy atom. The zero-order chi connectivity index (χ0) is 15.5. The third kappa shape index (κ3) is 2.69. The number of fused-ring (bicyclic) bond motifs is 1. The highest BCUT2D eigenvalue weighted by Gasteiger charge is 2.30. The number of nitrogens with zero attached hydrogens (tertiary/aromatic N) is 1. The van der Waals surface area contributed by atoms with Gasteiger partial charge in [-0.3, -0.25) is 0 Å². The Bertz CT molecular complexity index is 752. The van der Waals surface area contributed by atoms with Gasteiger partial charge in [-0.2, -0.15) is 0 Å². The first-order valence-electron chi connectivity index (χ1n) is 6.72. The number of carboxylic acid groups (broad SMARTS) is 1. The molecule has 5 heteroatoms. The van der Waals surface area contributed by atoms with Gasteiger partial charge in [0, 0.05) is 6.54 Å². The van der Waals surface area contributed by atoms with Crippen LogP contribution in [0, 0.1) is 0 Å². The lowest BCUT2D eigenvalue weighted by molar-refractivity contribution is -0.134. The lowest BCUT2D eigenvalue weighted by Gasteiger charge is -2.31. The van der Waals surface area contributed by atoms with Gasteiger partial charge in [0.1, 0.15) is 5.70 Å². The van der Waals surface area contributed by atoms with Gasteiger partial charge in [0.15, 0.2) is 5.75 Å². The summed E-state index contributed by atoms with van der Waals surface area (Å²) in [4.78, 5) is 24.8. The Kier molecular flexibility index (Phi) is 3.62. The molecule has 0 spiro atoms. The Balaban J connectivity index is 2.07. The topological polar surface area (TPSA) is 66.8 Å². The monoisotopic (exact) mass is 295 g/mol. The van der Waals surface area contributed by atoms with E-state index in [1.807, 2.05) is 36.4 Å². The fraction of sp³-hybridized carbons (Fsp3) is 0.0588. The van der Waals surface area contributed by atoms with Crippen molar-refractivity contribution < 1.29 is 19.4 Å². The maximum absolute atomic E-state index is 12.1. The van der Waals surface area contributed by atoms with Crippen LogP contribution in [-0.4, -0.2) is 17.0 Å². The third-order valence-electron chi connectivity index (χ3n) is 3.30. The van der Waals surface area contributed by atoms with Crippen molar-refractivity contribution in [2.75, 3.05) is 4.90 Å². The lowest BCUT2D eigenvalue weighted by Crippen LogP contribution is -2.34. The molecule has 0 amide bonds. The number of aliphatic carboxylic acids is 1. The van der Waals surface area contributed by atoms with Crippen molar-refractivity contribution in [2.45, 2.75) is 6.54 Å². The van der Waals surface area contributed by atoms with E-state index >= 15 is 0 Å². The maximum Gasteiger partial charge on any atom is 0.360 e. The maximum atomic E-state index is 12.1. The van der Waals surface area contributed by atoms with Gasteiger partial charge < -0.3 is 14.7 Å². The first kappa shape index (κ1) is 13.9. The van der Waals surface area contributed by atoms with Gasteiger partial charge in [0.05, 0.1) is 11.8 Å². The molecule has 0 aromatic heterocycles. The van der Waals surface area contributed by atoms with E-state index in [1.54, 1.807) is 23.1 Å². The standard InChI is InChI=1S/C17H13NO4/c19-16(20)10-14-17(21)22-15-9-5-4-8-13(15)18(14)11-12-6-2-1-3-7-12/h1-10H,11H2,(H,19,20)/b14-10-. The first-order chi connectivity index (χ1) is 10.6. The quantitative estimate of drug-likeness (QED) is 0.535. The molecule has 110 valence electrons. The van der Waals surface area contributed by atoms with Crippen LogP contribution in [0.4, 0.5) is 5.69 Å². The number of carbonyl (C=O) groups excluding carboxylic acids is 1. The average molecular weight is 295 g/mol. The second-order valence-corrected chi connectivity index (χ2v) is 4.80. The highest BCUT2D eigenvalue weighted by Crippen LogP contribution is 2.36. The van der Waals surface area contributed by atoms with Gasteiger partial charge >= 0.3 is 11.9 Å². The summed E-state index contributed by atoms with van der Waals surface area (Å²) in [6.07, 6.45) is 0.876. The van der Waals surface area contributed by atoms with Gasteiger partial charge in [-0.25, -0.2) is 9.59 Å². The summed E-state index contributed by atoms with van der Waals surface area (Å²) in [6, 6.07) is 16.6. The molecule has 0 saturated heterocycles. The van der Waals surface area contributed by atoms with E-state index in [9.17, 15) is 9.59 Å². The molecule has 0 bridgehead atoms. The normalized spacial score (nSPS) is 15.4. The fourth-order valence-electron chi connectivity index (χ4n) is 2.35. The van der Waals surface area contributed by atoms with Crippen LogP contribution in [0.3, 0.4) is 0 Å². The van der Waals surface area contributed by atoms with Crippen LogP contribution >= 0.6 is 0 Å². The summed E-state index contributed by atoms with van der Waals surface area (Å²) in [5, 5.41) is 9.00. The number of esters is 1. The molecule has 0 aliphatic carbocycles. The summed E-state index contributed by atoms with van der Waals surface area (Å²) in [5.41, 5.74) is 1.64. The van der Waals surface area contributed by atoms with Gasteiger partial charge in [-0.15, -0.1) is 0 Å². The van der Waals surface area contributed by atoms with Crippen LogP contribution in [-0.2, 0) is 16.1 Å². The van der Waals surface area contributed by atoms with E-state index in [1.165, 1.54) is 0 Å². The molecule has 0 atom stereocenters. The SMILES string of the molecule is O=C(O)/C=C1/C(=O)Oc2ccccc2N1Cc1ccccc1. The van der Waals surface area contributed by atoms with Crippen LogP contribution in [0.2, 0.25) is 0 Å². The van der Waals surface area contributed by atoms with Crippen molar-refractivity contribution in [1.29, 1.82) is 0 Å². The molecule has 0 saturated carbocycles. The second kappa shape index (κ2) is 5.73. The Morgan fingerprint density at radius 2 is 1.77 bits per heavy atom. The molecule has 5 nitrogen and oxygen atoms in total. The van der Waals surface area contributed by atoms with Crippen molar-refractivity contribution in [1.82, 2.24) is 0 Å². The Labute approximate surface area is 127 Å². The molecule has 1 heterocycles. The molecule has 1 aliphatic rings. The molecular formula is C17H13NO4. The van der Waals surface area contributed by atoms with Crippen LogP contribution in [0.1, 0.15) is 5.56 Å². The van der Waals surface area contributed by atoms with Crippen molar-refractivity contribution in [3.8, 4) is 5.75 Å². The molecule has 22 heavy (non-hydrogen) atoms. The minimum absolute atomic E-state index is 0.00931. The zero-order valence-electron chi connectivity index (χ0n) is 11.6. The third-order valence-corrected chi connectivity index (χ3v) is 3.30. The van der Waals surface area contributed by atoms with Crippen LogP contribution in [0.5, 0.6) is 5.75 Å². The van der Waals surface area contributed by atoms with Gasteiger partial charge in [-0.05, 0) is 17.7 Å². The zero-order valence-corrected chi connectivity index (χ0v) is 11.6. The Morgan fingerprint density at radius 1 is 1.09 bits per heavy atom. The predicted molar refractivity (Wildman–Crippen MR) is 80.4 cm³/mol. The van der Waals surface area contributed by atoms with E-state index in [4.69, 9.17) is 9.84 Å². The minimum Gasteiger partial charge on any atom is -0.478 e. The van der Waals surface area contributed by atoms with Crippen molar-refractivity contribution in [3.05, 3.63) is 71.9 Å². The molecular weight excluding hydrogens is 282 g/mol. The van der Waals surface area contributed by atoms with Crippen LogP contribution in [0.15, 0.2) is 66.4 Å². The first-order valence-corrected chi connectivity index (χ1v) is 6.72. The number of anilines is 1. The number of benzene rings is 2. The summed E-state index contributed by atoms with van der Waals surface area (Å²) in [7, 11) is 0. The number of para-hydroxylation sites is 2. The number of carboxylic acids is 1. The molecule has 2 aromatic carbocycles. The van der Waals surface area contributed by atoms with Crippen LogP contribution < -0.4 is 9.64 Å². The van der Waals surface area contributed by atoms with E-state index < -0.39 is 11.9 Å². The van der Waals surface area contributed by atoms with E-state index in [2.05, 4.69) is 0 Å². The Hall–Kier alpha value is -3.08. The summed E-state index contributed by atoms with van der Waals surface area (Å²) in [6.45, 7) is 0.381. The highest BCUT2D eigenvalue weighted by atomic mass is 16.5. The van der Waals surface area contributed by atoms with Crippen LogP contribution in [0.25, 0.3) is 0 Å². The van der Waals surface area contributed by atoms with Gasteiger partial charge in [0.2, 0.25) is 0 Å². The van der Waals surface area contributed by atoms with Crippen molar-refractivity contribution >= 4 is 17.6 Å². The van der Waals surface area contributed by atoms with E-state index in [0.717, 1.165) is 11.6 Å². The molecule has 3 rings (SSSR count). The number of ether oxygens (including phenoxy) is 1. The second-order valence-electron chi connectivity index (χ2n) is 4.80. The summed E-state index contributed by atoms with van der Waals surface area (Å²) >= 11 is 0. The highest BCUT2D eigenvalue weighted by molar-refractivity contribution is 6.02.